The van der Waals surface area contributed by atoms with Crippen LogP contribution in [0.4, 0.5) is 11.4 Å². The van der Waals surface area contributed by atoms with Crippen molar-refractivity contribution in [2.75, 3.05) is 5.32 Å². The monoisotopic (exact) mass is 372 g/mol. The van der Waals surface area contributed by atoms with Crippen LogP contribution >= 0.6 is 0 Å². The molecule has 2 aromatic carbocycles. The first kappa shape index (κ1) is 19.4. The number of rotatable bonds is 7. The first-order valence-electron chi connectivity index (χ1n) is 7.73. The second-order valence-corrected chi connectivity index (χ2v) is 5.39. The number of amides is 2. The first-order valence-corrected chi connectivity index (χ1v) is 7.73. The topological polar surface area (TPSA) is 154 Å². The molecule has 0 unspecified atom stereocenters. The third-order valence-corrected chi connectivity index (χ3v) is 3.35. The fraction of sp³-hybridized carbons (Fsp3) is 0.118. The molecule has 2 aromatic rings. The van der Waals surface area contributed by atoms with Gasteiger partial charge >= 0.3 is 0 Å². The van der Waals surface area contributed by atoms with E-state index in [1.165, 1.54) is 42.6 Å². The molecule has 0 aromatic heterocycles. The highest BCUT2D eigenvalue weighted by atomic mass is 16.6. The Balaban J connectivity index is 1.76. The molecule has 0 saturated carbocycles. The SMILES string of the molecule is O=C(CCC(=O)Nc1ccc([N+](=O)[O-])cc1)NN=Cc1ccc(O)cc1O. The van der Waals surface area contributed by atoms with E-state index in [1.54, 1.807) is 0 Å². The van der Waals surface area contributed by atoms with Crippen molar-refractivity contribution < 1.29 is 24.7 Å². The van der Waals surface area contributed by atoms with E-state index in [0.29, 0.717) is 11.3 Å². The molecule has 0 heterocycles. The van der Waals surface area contributed by atoms with Crippen molar-refractivity contribution in [2.24, 2.45) is 5.10 Å². The van der Waals surface area contributed by atoms with E-state index in [2.05, 4.69) is 15.8 Å². The standard InChI is InChI=1S/C17H16N4O6/c22-14-6-1-11(15(23)9-14)10-18-20-17(25)8-7-16(24)19-12-2-4-13(5-3-12)21(26)27/h1-6,9-10,22-23H,7-8H2,(H,19,24)(H,20,25). The van der Waals surface area contributed by atoms with Gasteiger partial charge in [0.15, 0.2) is 0 Å². The van der Waals surface area contributed by atoms with Gasteiger partial charge in [-0.15, -0.1) is 0 Å². The molecule has 0 fully saturated rings. The van der Waals surface area contributed by atoms with Gasteiger partial charge in [0.05, 0.1) is 11.1 Å². The second kappa shape index (κ2) is 8.94. The molecule has 0 aliphatic rings. The number of non-ortho nitro benzene ring substituents is 1. The Kier molecular flexibility index (Phi) is 6.42. The summed E-state index contributed by atoms with van der Waals surface area (Å²) in [6, 6.07) is 9.20. The molecule has 10 heteroatoms. The van der Waals surface area contributed by atoms with Crippen molar-refractivity contribution in [3.8, 4) is 11.5 Å². The molecule has 0 bridgehead atoms. The first-order chi connectivity index (χ1) is 12.8. The lowest BCUT2D eigenvalue weighted by atomic mass is 10.2. The van der Waals surface area contributed by atoms with Crippen molar-refractivity contribution >= 4 is 29.4 Å². The highest BCUT2D eigenvalue weighted by Gasteiger charge is 2.09. The summed E-state index contributed by atoms with van der Waals surface area (Å²) in [4.78, 5) is 33.5. The molecule has 4 N–H and O–H groups in total. The minimum absolute atomic E-state index is 0.0927. The van der Waals surface area contributed by atoms with Crippen LogP contribution in [0.1, 0.15) is 18.4 Å². The summed E-state index contributed by atoms with van der Waals surface area (Å²) in [6.45, 7) is 0. The highest BCUT2D eigenvalue weighted by molar-refractivity contribution is 5.93. The van der Waals surface area contributed by atoms with E-state index < -0.39 is 16.7 Å². The summed E-state index contributed by atoms with van der Waals surface area (Å²) >= 11 is 0. The lowest BCUT2D eigenvalue weighted by Gasteiger charge is -2.04. The van der Waals surface area contributed by atoms with Crippen LogP contribution in [0.25, 0.3) is 0 Å². The molecule has 0 saturated heterocycles. The Morgan fingerprint density at radius 3 is 2.37 bits per heavy atom. The number of nitro benzene ring substituents is 1. The molecule has 27 heavy (non-hydrogen) atoms. The molecule has 0 spiro atoms. The smallest absolute Gasteiger partial charge is 0.269 e. The van der Waals surface area contributed by atoms with Crippen molar-refractivity contribution in [3.05, 3.63) is 58.1 Å². The fourth-order valence-electron chi connectivity index (χ4n) is 1.99. The molecular weight excluding hydrogens is 356 g/mol. The number of aromatic hydroxyl groups is 2. The number of anilines is 1. The molecular formula is C17H16N4O6. The van der Waals surface area contributed by atoms with Crippen molar-refractivity contribution in [2.45, 2.75) is 12.8 Å². The summed E-state index contributed by atoms with van der Waals surface area (Å²) in [5.41, 5.74) is 2.80. The highest BCUT2D eigenvalue weighted by Crippen LogP contribution is 2.20. The predicted octanol–water partition coefficient (Wildman–Crippen LogP) is 1.87. The summed E-state index contributed by atoms with van der Waals surface area (Å²) in [5, 5.41) is 35.5. The molecule has 140 valence electrons. The molecule has 10 nitrogen and oxygen atoms in total. The van der Waals surface area contributed by atoms with Gasteiger partial charge < -0.3 is 15.5 Å². The molecule has 0 atom stereocenters. The van der Waals surface area contributed by atoms with E-state index in [9.17, 15) is 29.9 Å². The predicted molar refractivity (Wildman–Crippen MR) is 96.5 cm³/mol. The van der Waals surface area contributed by atoms with Crippen molar-refractivity contribution in [1.29, 1.82) is 0 Å². The van der Waals surface area contributed by atoms with Gasteiger partial charge in [-0.25, -0.2) is 5.43 Å². The third kappa shape index (κ3) is 6.12. The number of hydrogen-bond donors (Lipinski definition) is 4. The minimum Gasteiger partial charge on any atom is -0.508 e. The zero-order chi connectivity index (χ0) is 19.8. The molecule has 0 aliphatic heterocycles. The number of nitrogens with one attached hydrogen (secondary N) is 2. The average Bonchev–Trinajstić information content (AvgIpc) is 2.62. The summed E-state index contributed by atoms with van der Waals surface area (Å²) in [5.74, 6) is -1.24. The van der Waals surface area contributed by atoms with Crippen molar-refractivity contribution in [3.63, 3.8) is 0 Å². The van der Waals surface area contributed by atoms with Gasteiger partial charge in [-0.3, -0.25) is 19.7 Å². The van der Waals surface area contributed by atoms with Crippen LogP contribution in [0.2, 0.25) is 0 Å². The van der Waals surface area contributed by atoms with E-state index in [-0.39, 0.29) is 30.0 Å². The lowest BCUT2D eigenvalue weighted by Crippen LogP contribution is -2.20. The minimum atomic E-state index is -0.547. The Morgan fingerprint density at radius 2 is 1.74 bits per heavy atom. The second-order valence-electron chi connectivity index (χ2n) is 5.39. The zero-order valence-electron chi connectivity index (χ0n) is 14.0. The maximum Gasteiger partial charge on any atom is 0.269 e. The number of phenols is 2. The molecule has 0 radical (unpaired) electrons. The molecule has 2 rings (SSSR count). The number of phenolic OH excluding ortho intramolecular Hbond substituents is 2. The third-order valence-electron chi connectivity index (χ3n) is 3.35. The van der Waals surface area contributed by atoms with E-state index in [4.69, 9.17) is 0 Å². The van der Waals surface area contributed by atoms with Crippen LogP contribution in [-0.4, -0.2) is 33.2 Å². The van der Waals surface area contributed by atoms with Crippen LogP contribution in [0.5, 0.6) is 11.5 Å². The molecule has 2 amide bonds. The summed E-state index contributed by atoms with van der Waals surface area (Å²) < 4.78 is 0. The molecule has 0 aliphatic carbocycles. The van der Waals surface area contributed by atoms with Gasteiger partial charge in [-0.1, -0.05) is 0 Å². The largest absolute Gasteiger partial charge is 0.508 e. The number of nitro groups is 1. The number of carbonyl (C=O) groups is 2. The number of benzene rings is 2. The Hall–Kier alpha value is -3.95. The maximum atomic E-state index is 11.8. The van der Waals surface area contributed by atoms with Crippen LogP contribution in [0.3, 0.4) is 0 Å². The Morgan fingerprint density at radius 1 is 1.07 bits per heavy atom. The normalized spacial score (nSPS) is 10.5. The van der Waals surface area contributed by atoms with Gasteiger partial charge in [0.25, 0.3) is 5.69 Å². The van der Waals surface area contributed by atoms with Crippen molar-refractivity contribution in [1.82, 2.24) is 5.43 Å². The Bertz CT molecular complexity index is 879. The number of hydrazone groups is 1. The summed E-state index contributed by atoms with van der Waals surface area (Å²) in [6.07, 6.45) is 0.962. The number of hydrogen-bond acceptors (Lipinski definition) is 7. The maximum absolute atomic E-state index is 11.8. The number of carbonyl (C=O) groups excluding carboxylic acids is 2. The van der Waals surface area contributed by atoms with Crippen LogP contribution in [0.15, 0.2) is 47.6 Å². The Labute approximate surface area is 153 Å². The van der Waals surface area contributed by atoms with Gasteiger partial charge in [0.1, 0.15) is 11.5 Å². The average molecular weight is 372 g/mol. The van der Waals surface area contributed by atoms with E-state index in [0.717, 1.165) is 6.07 Å². The van der Waals surface area contributed by atoms with Gasteiger partial charge in [0.2, 0.25) is 11.8 Å². The van der Waals surface area contributed by atoms with Crippen LogP contribution in [-0.2, 0) is 9.59 Å². The van der Waals surface area contributed by atoms with Gasteiger partial charge in [-0.2, -0.15) is 5.10 Å². The van der Waals surface area contributed by atoms with E-state index in [1.807, 2.05) is 0 Å². The lowest BCUT2D eigenvalue weighted by molar-refractivity contribution is -0.384. The quantitative estimate of drug-likeness (QED) is 0.330. The van der Waals surface area contributed by atoms with Crippen LogP contribution < -0.4 is 10.7 Å². The van der Waals surface area contributed by atoms with Crippen LogP contribution in [0, 0.1) is 10.1 Å². The fourth-order valence-corrected chi connectivity index (χ4v) is 1.99. The number of nitrogens with zero attached hydrogens (tertiary/aromatic N) is 2. The zero-order valence-corrected chi connectivity index (χ0v) is 14.0. The van der Waals surface area contributed by atoms with Gasteiger partial charge in [0, 0.05) is 42.3 Å². The van der Waals surface area contributed by atoms with E-state index >= 15 is 0 Å². The van der Waals surface area contributed by atoms with Gasteiger partial charge in [-0.05, 0) is 24.3 Å². The summed E-state index contributed by atoms with van der Waals surface area (Å²) in [7, 11) is 0.